The van der Waals surface area contributed by atoms with Gasteiger partial charge in [0.05, 0.1) is 0 Å². The highest BCUT2D eigenvalue weighted by Gasteiger charge is 2.44. The lowest BCUT2D eigenvalue weighted by molar-refractivity contribution is 0.353. The monoisotopic (exact) mass is 491 g/mol. The minimum Gasteiger partial charge on any atom is -0.455 e. The second-order valence-corrected chi connectivity index (χ2v) is 10.9. The number of hydrogen-bond donors (Lipinski definition) is 1. The Hall–Kier alpha value is -4.30. The van der Waals surface area contributed by atoms with Crippen LogP contribution in [0.25, 0.3) is 44.2 Å². The molecule has 0 aliphatic heterocycles. The van der Waals surface area contributed by atoms with E-state index >= 15 is 0 Å². The first-order chi connectivity index (χ1) is 18.8. The maximum absolute atomic E-state index is 6.29. The Morgan fingerprint density at radius 1 is 0.579 bits per heavy atom. The third-order valence-corrected chi connectivity index (χ3v) is 8.88. The van der Waals surface area contributed by atoms with Crippen molar-refractivity contribution in [3.05, 3.63) is 120 Å². The normalized spacial score (nSPS) is 15.6. The van der Waals surface area contributed by atoms with Crippen LogP contribution in [0.1, 0.15) is 43.2 Å². The Balaban J connectivity index is 1.18. The van der Waals surface area contributed by atoms with Gasteiger partial charge in [0.25, 0.3) is 0 Å². The van der Waals surface area contributed by atoms with E-state index in [1.807, 2.05) is 12.1 Å². The molecule has 2 aliphatic carbocycles. The molecule has 1 saturated carbocycles. The zero-order valence-corrected chi connectivity index (χ0v) is 21.3. The SMILES string of the molecule is c1ccc2c(c1)-c1c(Nc3ccc(-c4cccc5c4oc4ccccc45)cc3)cccc1C21CCCCC1. The van der Waals surface area contributed by atoms with Crippen molar-refractivity contribution in [2.75, 3.05) is 5.32 Å². The highest BCUT2D eigenvalue weighted by Crippen LogP contribution is 2.57. The number of nitrogens with one attached hydrogen (secondary N) is 1. The summed E-state index contributed by atoms with van der Waals surface area (Å²) in [5, 5.41) is 6.11. The Morgan fingerprint density at radius 3 is 2.18 bits per heavy atom. The van der Waals surface area contributed by atoms with Gasteiger partial charge in [-0.2, -0.15) is 0 Å². The molecule has 0 amide bonds. The van der Waals surface area contributed by atoms with Crippen LogP contribution < -0.4 is 5.32 Å². The fourth-order valence-corrected chi connectivity index (χ4v) is 7.17. The molecule has 8 rings (SSSR count). The Labute approximate surface area is 222 Å². The molecule has 1 aromatic heterocycles. The molecule has 184 valence electrons. The molecule has 1 N–H and O–H groups in total. The first kappa shape index (κ1) is 21.8. The summed E-state index contributed by atoms with van der Waals surface area (Å²) in [5.74, 6) is 0. The lowest BCUT2D eigenvalue weighted by atomic mass is 9.68. The van der Waals surface area contributed by atoms with Crippen molar-refractivity contribution in [3.63, 3.8) is 0 Å². The van der Waals surface area contributed by atoms with E-state index in [1.165, 1.54) is 60.0 Å². The number of furan rings is 1. The fraction of sp³-hybridized carbons (Fsp3) is 0.167. The zero-order chi connectivity index (χ0) is 25.1. The Bertz CT molecular complexity index is 1820. The third-order valence-electron chi connectivity index (χ3n) is 8.88. The molecular formula is C36H29NO. The van der Waals surface area contributed by atoms with E-state index in [-0.39, 0.29) is 5.41 Å². The van der Waals surface area contributed by atoms with Crippen molar-refractivity contribution in [3.8, 4) is 22.3 Å². The summed E-state index contributed by atoms with van der Waals surface area (Å²) in [6, 6.07) is 39.4. The lowest BCUT2D eigenvalue weighted by Crippen LogP contribution is -2.27. The molecule has 0 radical (unpaired) electrons. The summed E-state index contributed by atoms with van der Waals surface area (Å²) in [6.45, 7) is 0. The largest absolute Gasteiger partial charge is 0.455 e. The second kappa shape index (κ2) is 8.36. The maximum Gasteiger partial charge on any atom is 0.143 e. The Morgan fingerprint density at radius 2 is 1.29 bits per heavy atom. The highest BCUT2D eigenvalue weighted by molar-refractivity contribution is 6.09. The van der Waals surface area contributed by atoms with E-state index in [2.05, 4.69) is 102 Å². The molecule has 0 bridgehead atoms. The van der Waals surface area contributed by atoms with Gasteiger partial charge in [-0.25, -0.2) is 0 Å². The molecule has 2 aliphatic rings. The molecule has 0 saturated heterocycles. The highest BCUT2D eigenvalue weighted by atomic mass is 16.3. The number of hydrogen-bond acceptors (Lipinski definition) is 2. The predicted octanol–water partition coefficient (Wildman–Crippen LogP) is 10.2. The van der Waals surface area contributed by atoms with Crippen LogP contribution in [0.4, 0.5) is 11.4 Å². The van der Waals surface area contributed by atoms with Crippen molar-refractivity contribution in [1.29, 1.82) is 0 Å². The van der Waals surface area contributed by atoms with Crippen LogP contribution in [0, 0.1) is 0 Å². The molecule has 1 spiro atoms. The average Bonchev–Trinajstić information content (AvgIpc) is 3.49. The van der Waals surface area contributed by atoms with Crippen molar-refractivity contribution < 1.29 is 4.42 Å². The third kappa shape index (κ3) is 3.13. The molecular weight excluding hydrogens is 462 g/mol. The van der Waals surface area contributed by atoms with Gasteiger partial charge in [-0.1, -0.05) is 104 Å². The first-order valence-corrected chi connectivity index (χ1v) is 13.8. The number of fused-ring (bicyclic) bond motifs is 8. The van der Waals surface area contributed by atoms with Gasteiger partial charge in [-0.05, 0) is 59.4 Å². The lowest BCUT2D eigenvalue weighted by Gasteiger charge is -2.36. The van der Waals surface area contributed by atoms with Gasteiger partial charge in [0.2, 0.25) is 0 Å². The molecule has 6 aromatic rings. The van der Waals surface area contributed by atoms with Gasteiger partial charge >= 0.3 is 0 Å². The summed E-state index contributed by atoms with van der Waals surface area (Å²) < 4.78 is 6.29. The van der Waals surface area contributed by atoms with Crippen LogP contribution in [0.2, 0.25) is 0 Å². The molecule has 0 unspecified atom stereocenters. The van der Waals surface area contributed by atoms with Crippen LogP contribution in [-0.4, -0.2) is 0 Å². The standard InChI is InChI=1S/C36H29NO/c1-6-22-36(23-7-1)30-14-4-2-11-29(30)34-31(36)15-9-16-32(34)37-25-20-18-24(19-21-25)26-12-8-13-28-27-10-3-5-17-33(27)38-35(26)28/h2-5,8-21,37H,1,6-7,22-23H2. The number of para-hydroxylation sites is 2. The van der Waals surface area contributed by atoms with Crippen LogP contribution in [0.3, 0.4) is 0 Å². The van der Waals surface area contributed by atoms with Gasteiger partial charge in [0, 0.05) is 38.7 Å². The molecule has 2 nitrogen and oxygen atoms in total. The van der Waals surface area contributed by atoms with Crippen LogP contribution in [-0.2, 0) is 5.41 Å². The van der Waals surface area contributed by atoms with Gasteiger partial charge < -0.3 is 9.73 Å². The minimum absolute atomic E-state index is 0.178. The van der Waals surface area contributed by atoms with Crippen molar-refractivity contribution in [2.24, 2.45) is 0 Å². The quantitative estimate of drug-likeness (QED) is 0.266. The van der Waals surface area contributed by atoms with E-state index in [1.54, 1.807) is 0 Å². The van der Waals surface area contributed by atoms with Crippen molar-refractivity contribution in [2.45, 2.75) is 37.5 Å². The number of benzene rings is 5. The van der Waals surface area contributed by atoms with Crippen LogP contribution >= 0.6 is 0 Å². The smallest absolute Gasteiger partial charge is 0.143 e. The summed E-state index contributed by atoms with van der Waals surface area (Å²) in [6.07, 6.45) is 6.48. The number of rotatable bonds is 3. The van der Waals surface area contributed by atoms with Crippen molar-refractivity contribution in [1.82, 2.24) is 0 Å². The molecule has 1 heterocycles. The van der Waals surface area contributed by atoms with Crippen molar-refractivity contribution >= 4 is 33.3 Å². The maximum atomic E-state index is 6.29. The zero-order valence-electron chi connectivity index (χ0n) is 21.3. The summed E-state index contributed by atoms with van der Waals surface area (Å²) in [5.41, 5.74) is 12.5. The van der Waals surface area contributed by atoms with E-state index in [0.29, 0.717) is 0 Å². The van der Waals surface area contributed by atoms with E-state index in [0.717, 1.165) is 38.8 Å². The van der Waals surface area contributed by atoms with Gasteiger partial charge in [0.15, 0.2) is 0 Å². The summed E-state index contributed by atoms with van der Waals surface area (Å²) in [4.78, 5) is 0. The first-order valence-electron chi connectivity index (χ1n) is 13.8. The second-order valence-electron chi connectivity index (χ2n) is 10.9. The molecule has 1 fully saturated rings. The van der Waals surface area contributed by atoms with E-state index in [9.17, 15) is 0 Å². The van der Waals surface area contributed by atoms with E-state index in [4.69, 9.17) is 4.42 Å². The molecule has 38 heavy (non-hydrogen) atoms. The predicted molar refractivity (Wildman–Crippen MR) is 158 cm³/mol. The summed E-state index contributed by atoms with van der Waals surface area (Å²) >= 11 is 0. The fourth-order valence-electron chi connectivity index (χ4n) is 7.17. The number of anilines is 2. The van der Waals surface area contributed by atoms with Crippen LogP contribution in [0.15, 0.2) is 114 Å². The Kier molecular flexibility index (Phi) is 4.79. The molecule has 5 aromatic carbocycles. The van der Waals surface area contributed by atoms with Gasteiger partial charge in [0.1, 0.15) is 11.2 Å². The van der Waals surface area contributed by atoms with Crippen LogP contribution in [0.5, 0.6) is 0 Å². The molecule has 2 heteroatoms. The minimum atomic E-state index is 0.178. The topological polar surface area (TPSA) is 25.2 Å². The van der Waals surface area contributed by atoms with E-state index < -0.39 is 0 Å². The average molecular weight is 492 g/mol. The van der Waals surface area contributed by atoms with Gasteiger partial charge in [-0.3, -0.25) is 0 Å². The molecule has 0 atom stereocenters. The summed E-state index contributed by atoms with van der Waals surface area (Å²) in [7, 11) is 0. The van der Waals surface area contributed by atoms with Gasteiger partial charge in [-0.15, -0.1) is 0 Å².